The van der Waals surface area contributed by atoms with E-state index in [1.165, 1.54) is 4.90 Å². The number of nitrogens with one attached hydrogen (secondary N) is 1. The summed E-state index contributed by atoms with van der Waals surface area (Å²) in [4.78, 5) is 63.9. The van der Waals surface area contributed by atoms with Crippen molar-refractivity contribution in [3.63, 3.8) is 0 Å². The Morgan fingerprint density at radius 3 is 2.35 bits per heavy atom. The molecule has 0 spiro atoms. The van der Waals surface area contributed by atoms with Crippen molar-refractivity contribution in [3.05, 3.63) is 95.8 Å². The van der Waals surface area contributed by atoms with Crippen molar-refractivity contribution in [2.75, 3.05) is 32.8 Å². The van der Waals surface area contributed by atoms with E-state index >= 15 is 0 Å². The summed E-state index contributed by atoms with van der Waals surface area (Å²) in [6.45, 7) is 4.82. The standard InChI is InChI=1S/C37H43F2N5O7/c1-37(2,3)35(30-19-25(27-20-26(38)9-10-28(27)39)22-42(30)21-24-7-5-4-6-8-24)44(33(48)23-45)16-14-29(40)36(50)41-15-13-34(49)51-18-17-43-31(46)11-12-32(43)47/h4-12,19-20,22,29,35,45H,13-18,21,23,40H2,1-3H3,(H,41,50). The van der Waals surface area contributed by atoms with Crippen molar-refractivity contribution in [2.24, 2.45) is 11.1 Å². The molecule has 12 nitrogen and oxygen atoms in total. The number of carbonyl (C=O) groups excluding carboxylic acids is 5. The molecule has 0 radical (unpaired) electrons. The zero-order chi connectivity index (χ0) is 37.3. The highest BCUT2D eigenvalue weighted by molar-refractivity contribution is 6.12. The van der Waals surface area contributed by atoms with E-state index in [2.05, 4.69) is 5.32 Å². The number of aliphatic hydroxyl groups is 1. The fraction of sp³-hybridized carbons (Fsp3) is 0.378. The van der Waals surface area contributed by atoms with Gasteiger partial charge in [-0.05, 0) is 41.7 Å². The molecular formula is C37H43F2N5O7. The minimum atomic E-state index is -1.09. The molecule has 2 heterocycles. The van der Waals surface area contributed by atoms with E-state index in [0.717, 1.165) is 40.8 Å². The molecule has 0 bridgehead atoms. The SMILES string of the molecule is CC(C)(C)C(c1cc(-c2cc(F)ccc2F)cn1Cc1ccccc1)N(CCC(N)C(=O)NCCC(=O)OCCN1C(=O)C=CC1=O)C(=O)CO. The first-order valence-electron chi connectivity index (χ1n) is 16.5. The topological polar surface area (TPSA) is 164 Å². The van der Waals surface area contributed by atoms with Gasteiger partial charge in [0.25, 0.3) is 11.8 Å². The number of hydrogen-bond donors (Lipinski definition) is 3. The van der Waals surface area contributed by atoms with Gasteiger partial charge >= 0.3 is 5.97 Å². The summed E-state index contributed by atoms with van der Waals surface area (Å²) in [5.74, 6) is -4.06. The van der Waals surface area contributed by atoms with Crippen molar-refractivity contribution in [3.8, 4) is 11.1 Å². The maximum atomic E-state index is 15.0. The van der Waals surface area contributed by atoms with Crippen LogP contribution in [0.15, 0.2) is 72.9 Å². The first-order chi connectivity index (χ1) is 24.2. The second-order valence-corrected chi connectivity index (χ2v) is 13.2. The first-order valence-corrected chi connectivity index (χ1v) is 16.5. The number of amides is 4. The molecule has 51 heavy (non-hydrogen) atoms. The normalized spacial score (nSPS) is 14.1. The number of hydrogen-bond acceptors (Lipinski definition) is 8. The summed E-state index contributed by atoms with van der Waals surface area (Å²) in [5.41, 5.74) is 7.51. The number of halogens is 2. The van der Waals surface area contributed by atoms with Gasteiger partial charge in [0.05, 0.1) is 25.0 Å². The summed E-state index contributed by atoms with van der Waals surface area (Å²) in [6.07, 6.45) is 3.76. The van der Waals surface area contributed by atoms with Gasteiger partial charge in [0.2, 0.25) is 11.8 Å². The van der Waals surface area contributed by atoms with Crippen molar-refractivity contribution >= 4 is 29.6 Å². The van der Waals surface area contributed by atoms with Crippen LogP contribution in [0.4, 0.5) is 8.78 Å². The molecule has 2 unspecified atom stereocenters. The van der Waals surface area contributed by atoms with Gasteiger partial charge in [0.15, 0.2) is 0 Å². The minimum absolute atomic E-state index is 0.00863. The number of imide groups is 1. The quantitative estimate of drug-likeness (QED) is 0.151. The molecule has 272 valence electrons. The number of carbonyl (C=O) groups is 5. The highest BCUT2D eigenvalue weighted by Gasteiger charge is 2.37. The number of benzene rings is 2. The van der Waals surface area contributed by atoms with Crippen LogP contribution in [0, 0.1) is 17.0 Å². The van der Waals surface area contributed by atoms with Crippen LogP contribution in [-0.4, -0.2) is 88.0 Å². The van der Waals surface area contributed by atoms with Crippen LogP contribution in [0.5, 0.6) is 0 Å². The molecule has 4 amide bonds. The largest absolute Gasteiger partial charge is 0.464 e. The van der Waals surface area contributed by atoms with Crippen LogP contribution >= 0.6 is 0 Å². The molecule has 4 rings (SSSR count). The highest BCUT2D eigenvalue weighted by Crippen LogP contribution is 2.41. The Balaban J connectivity index is 1.47. The van der Waals surface area contributed by atoms with Gasteiger partial charge in [-0.1, -0.05) is 51.1 Å². The molecule has 1 aliphatic rings. The highest BCUT2D eigenvalue weighted by atomic mass is 19.1. The Labute approximate surface area is 294 Å². The summed E-state index contributed by atoms with van der Waals surface area (Å²) in [5, 5.41) is 12.6. The van der Waals surface area contributed by atoms with Crippen molar-refractivity contribution in [2.45, 2.75) is 52.2 Å². The van der Waals surface area contributed by atoms with E-state index < -0.39 is 65.3 Å². The van der Waals surface area contributed by atoms with E-state index in [-0.39, 0.29) is 44.6 Å². The minimum Gasteiger partial charge on any atom is -0.464 e. The molecule has 2 aromatic carbocycles. The molecule has 1 aromatic heterocycles. The van der Waals surface area contributed by atoms with Gasteiger partial charge in [-0.15, -0.1) is 0 Å². The Kier molecular flexibility index (Phi) is 13.0. The summed E-state index contributed by atoms with van der Waals surface area (Å²) in [7, 11) is 0. The van der Waals surface area contributed by atoms with Gasteiger partial charge in [0.1, 0.15) is 24.8 Å². The van der Waals surface area contributed by atoms with E-state index in [9.17, 15) is 37.9 Å². The zero-order valence-electron chi connectivity index (χ0n) is 28.8. The second-order valence-electron chi connectivity index (χ2n) is 13.2. The molecular weight excluding hydrogens is 664 g/mol. The molecule has 1 aliphatic heterocycles. The summed E-state index contributed by atoms with van der Waals surface area (Å²) in [6, 6.07) is 12.6. The van der Waals surface area contributed by atoms with Gasteiger partial charge < -0.3 is 30.4 Å². The third kappa shape index (κ3) is 10.2. The molecule has 2 atom stereocenters. The summed E-state index contributed by atoms with van der Waals surface area (Å²) >= 11 is 0. The van der Waals surface area contributed by atoms with Gasteiger partial charge in [-0.25, -0.2) is 8.78 Å². The number of aromatic nitrogens is 1. The number of nitrogens with zero attached hydrogens (tertiary/aromatic N) is 3. The number of nitrogens with two attached hydrogens (primary N) is 1. The van der Waals surface area contributed by atoms with Gasteiger partial charge in [0, 0.05) is 54.8 Å². The summed E-state index contributed by atoms with van der Waals surface area (Å²) < 4.78 is 36.1. The predicted octanol–water partition coefficient (Wildman–Crippen LogP) is 3.08. The number of aliphatic hydroxyl groups excluding tert-OH is 1. The Bertz CT molecular complexity index is 1750. The number of rotatable bonds is 16. The van der Waals surface area contributed by atoms with Crippen LogP contribution in [-0.2, 0) is 35.3 Å². The lowest BCUT2D eigenvalue weighted by Crippen LogP contribution is -2.47. The van der Waals surface area contributed by atoms with E-state index in [0.29, 0.717) is 17.8 Å². The van der Waals surface area contributed by atoms with Crippen LogP contribution in [0.1, 0.15) is 50.9 Å². The third-order valence-electron chi connectivity index (χ3n) is 8.36. The van der Waals surface area contributed by atoms with Gasteiger partial charge in [-0.2, -0.15) is 0 Å². The smallest absolute Gasteiger partial charge is 0.307 e. The van der Waals surface area contributed by atoms with Crippen LogP contribution < -0.4 is 11.1 Å². The molecule has 14 heteroatoms. The fourth-order valence-electron chi connectivity index (χ4n) is 5.90. The van der Waals surface area contributed by atoms with Gasteiger partial charge in [-0.3, -0.25) is 28.9 Å². The molecule has 0 aliphatic carbocycles. The molecule has 4 N–H and O–H groups in total. The van der Waals surface area contributed by atoms with Crippen molar-refractivity contribution in [1.29, 1.82) is 0 Å². The zero-order valence-corrected chi connectivity index (χ0v) is 28.8. The lowest BCUT2D eigenvalue weighted by Gasteiger charge is -2.41. The second kappa shape index (κ2) is 17.1. The van der Waals surface area contributed by atoms with Crippen LogP contribution in [0.25, 0.3) is 11.1 Å². The Morgan fingerprint density at radius 1 is 1.02 bits per heavy atom. The first kappa shape index (κ1) is 38.6. The van der Waals surface area contributed by atoms with Crippen LogP contribution in [0.2, 0.25) is 0 Å². The van der Waals surface area contributed by atoms with E-state index in [4.69, 9.17) is 10.5 Å². The maximum Gasteiger partial charge on any atom is 0.307 e. The molecule has 0 saturated heterocycles. The van der Waals surface area contributed by atoms with E-state index in [1.807, 2.05) is 55.7 Å². The average Bonchev–Trinajstić information content (AvgIpc) is 3.64. The van der Waals surface area contributed by atoms with Crippen LogP contribution in [0.3, 0.4) is 0 Å². The Morgan fingerprint density at radius 2 is 1.71 bits per heavy atom. The number of ether oxygens (including phenoxy) is 1. The van der Waals surface area contributed by atoms with E-state index in [1.54, 1.807) is 12.3 Å². The monoisotopic (exact) mass is 707 g/mol. The lowest BCUT2D eigenvalue weighted by atomic mass is 9.82. The fourth-order valence-corrected chi connectivity index (χ4v) is 5.90. The molecule has 0 saturated carbocycles. The lowest BCUT2D eigenvalue weighted by molar-refractivity contribution is -0.147. The number of esters is 1. The Hall–Kier alpha value is -5.21. The maximum absolute atomic E-state index is 15.0. The molecule has 0 fully saturated rings. The predicted molar refractivity (Wildman–Crippen MR) is 183 cm³/mol. The third-order valence-corrected chi connectivity index (χ3v) is 8.36. The van der Waals surface area contributed by atoms with Crippen molar-refractivity contribution < 1.29 is 42.6 Å². The molecule has 3 aromatic rings. The average molecular weight is 708 g/mol. The van der Waals surface area contributed by atoms with Crippen molar-refractivity contribution in [1.82, 2.24) is 19.7 Å².